The highest BCUT2D eigenvalue weighted by Crippen LogP contribution is 2.22. The first-order valence-corrected chi connectivity index (χ1v) is 14.6. The number of hydrogen-bond acceptors (Lipinski definition) is 4. The summed E-state index contributed by atoms with van der Waals surface area (Å²) in [5.41, 5.74) is 1.66. The van der Waals surface area contributed by atoms with Crippen molar-refractivity contribution in [3.8, 4) is 0 Å². The summed E-state index contributed by atoms with van der Waals surface area (Å²) in [7, 11) is -1.46. The van der Waals surface area contributed by atoms with Gasteiger partial charge in [0.2, 0.25) is 11.8 Å². The van der Waals surface area contributed by atoms with Gasteiger partial charge >= 0.3 is 10.2 Å². The fraction of sp³-hybridized carbons (Fsp3) is 0.310. The highest BCUT2D eigenvalue weighted by atomic mass is 35.5. The molecule has 3 rings (SSSR count). The van der Waals surface area contributed by atoms with Crippen LogP contribution in [0.5, 0.6) is 0 Å². The molecule has 0 saturated carbocycles. The van der Waals surface area contributed by atoms with Crippen LogP contribution < -0.4 is 9.62 Å². The normalized spacial score (nSPS) is 12.2. The Morgan fingerprint density at radius 1 is 0.925 bits per heavy atom. The van der Waals surface area contributed by atoms with Gasteiger partial charge < -0.3 is 10.2 Å². The zero-order valence-electron chi connectivity index (χ0n) is 22.8. The van der Waals surface area contributed by atoms with Gasteiger partial charge in [0, 0.05) is 38.6 Å². The summed E-state index contributed by atoms with van der Waals surface area (Å²) < 4.78 is 42.1. The van der Waals surface area contributed by atoms with E-state index in [0.29, 0.717) is 23.6 Å². The average Bonchev–Trinajstić information content (AvgIpc) is 2.94. The second-order valence-corrected chi connectivity index (χ2v) is 11.9. The van der Waals surface area contributed by atoms with E-state index >= 15 is 0 Å². The first-order chi connectivity index (χ1) is 19.0. The van der Waals surface area contributed by atoms with Crippen LogP contribution in [0.15, 0.2) is 78.9 Å². The van der Waals surface area contributed by atoms with E-state index in [0.717, 1.165) is 26.3 Å². The maximum atomic E-state index is 14.1. The van der Waals surface area contributed by atoms with Crippen molar-refractivity contribution in [3.05, 3.63) is 101 Å². The Bertz CT molecular complexity index is 1370. The fourth-order valence-corrected chi connectivity index (χ4v) is 5.21. The van der Waals surface area contributed by atoms with Gasteiger partial charge in [-0.25, -0.2) is 8.70 Å². The molecule has 1 atom stereocenters. The molecule has 0 heterocycles. The van der Waals surface area contributed by atoms with Gasteiger partial charge in [0.25, 0.3) is 0 Å². The minimum Gasteiger partial charge on any atom is -0.354 e. The number of amides is 2. The van der Waals surface area contributed by atoms with Crippen molar-refractivity contribution in [2.24, 2.45) is 0 Å². The standard InChI is InChI=1S/C29H34ClFN4O4S/c1-4-18-32-29(37)27(19-22-8-6-5-7-9-22)34(20-23-10-12-24(30)13-11-23)28(36)21-35(40(38,39)33(2)3)26-16-14-25(31)15-17-26/h5-17,27H,4,18-21H2,1-3H3,(H,32,37). The first kappa shape index (κ1) is 31.1. The third kappa shape index (κ3) is 8.27. The van der Waals surface area contributed by atoms with Gasteiger partial charge in [-0.1, -0.05) is 61.0 Å². The van der Waals surface area contributed by atoms with Crippen molar-refractivity contribution in [1.29, 1.82) is 0 Å². The summed E-state index contributed by atoms with van der Waals surface area (Å²) in [4.78, 5) is 28.9. The van der Waals surface area contributed by atoms with Crippen molar-refractivity contribution < 1.29 is 22.4 Å². The molecule has 2 amide bonds. The van der Waals surface area contributed by atoms with E-state index in [2.05, 4.69) is 5.32 Å². The SMILES string of the molecule is CCCNC(=O)C(Cc1ccccc1)N(Cc1ccc(Cl)cc1)C(=O)CN(c1ccc(F)cc1)S(=O)(=O)N(C)C. The molecule has 3 aromatic carbocycles. The van der Waals surface area contributed by atoms with Crippen molar-refractivity contribution in [1.82, 2.24) is 14.5 Å². The summed E-state index contributed by atoms with van der Waals surface area (Å²) in [6, 6.07) is 20.1. The summed E-state index contributed by atoms with van der Waals surface area (Å²) >= 11 is 6.07. The van der Waals surface area contributed by atoms with Crippen LogP contribution in [0.4, 0.5) is 10.1 Å². The van der Waals surface area contributed by atoms with Gasteiger partial charge in [-0.2, -0.15) is 12.7 Å². The Morgan fingerprint density at radius 2 is 1.55 bits per heavy atom. The minimum atomic E-state index is -4.15. The van der Waals surface area contributed by atoms with Gasteiger partial charge in [0.15, 0.2) is 0 Å². The van der Waals surface area contributed by atoms with Crippen LogP contribution in [0.25, 0.3) is 0 Å². The van der Waals surface area contributed by atoms with Crippen LogP contribution in [0.3, 0.4) is 0 Å². The Hall–Kier alpha value is -3.47. The van der Waals surface area contributed by atoms with Gasteiger partial charge in [0.1, 0.15) is 18.4 Å². The van der Waals surface area contributed by atoms with Crippen molar-refractivity contribution in [3.63, 3.8) is 0 Å². The van der Waals surface area contributed by atoms with Gasteiger partial charge in [-0.3, -0.25) is 9.59 Å². The van der Waals surface area contributed by atoms with Crippen LogP contribution >= 0.6 is 11.6 Å². The first-order valence-electron chi connectivity index (χ1n) is 12.8. The highest BCUT2D eigenvalue weighted by Gasteiger charge is 2.34. The molecule has 0 radical (unpaired) electrons. The number of hydrogen-bond donors (Lipinski definition) is 1. The molecule has 3 aromatic rings. The lowest BCUT2D eigenvalue weighted by Gasteiger charge is -2.34. The molecule has 214 valence electrons. The molecular formula is C29H34ClFN4O4S. The molecule has 0 fully saturated rings. The largest absolute Gasteiger partial charge is 0.354 e. The number of anilines is 1. The molecule has 0 bridgehead atoms. The quantitative estimate of drug-likeness (QED) is 0.323. The number of nitrogens with zero attached hydrogens (tertiary/aromatic N) is 3. The Labute approximate surface area is 240 Å². The number of rotatable bonds is 13. The Kier molecular flexibility index (Phi) is 11.1. The van der Waals surface area contributed by atoms with Crippen LogP contribution in [0, 0.1) is 5.82 Å². The number of nitrogens with one attached hydrogen (secondary N) is 1. The fourth-order valence-electron chi connectivity index (χ4n) is 4.03. The molecule has 0 aliphatic heterocycles. The number of halogens is 2. The second kappa shape index (κ2) is 14.2. The molecule has 0 aliphatic rings. The Balaban J connectivity index is 2.06. The van der Waals surface area contributed by atoms with Gasteiger partial charge in [-0.15, -0.1) is 0 Å². The predicted molar refractivity (Wildman–Crippen MR) is 156 cm³/mol. The van der Waals surface area contributed by atoms with Gasteiger partial charge in [0.05, 0.1) is 5.69 Å². The predicted octanol–water partition coefficient (Wildman–Crippen LogP) is 4.26. The van der Waals surface area contributed by atoms with Crippen LogP contribution in [-0.4, -0.2) is 62.7 Å². The summed E-state index contributed by atoms with van der Waals surface area (Å²) in [5, 5.41) is 3.40. The molecule has 0 aliphatic carbocycles. The molecular weight excluding hydrogens is 555 g/mol. The monoisotopic (exact) mass is 588 g/mol. The smallest absolute Gasteiger partial charge is 0.304 e. The lowest BCUT2D eigenvalue weighted by atomic mass is 10.0. The lowest BCUT2D eigenvalue weighted by Crippen LogP contribution is -2.54. The number of carbonyl (C=O) groups is 2. The van der Waals surface area contributed by atoms with E-state index < -0.39 is 34.5 Å². The number of carbonyl (C=O) groups excluding carboxylic acids is 2. The molecule has 40 heavy (non-hydrogen) atoms. The second-order valence-electron chi connectivity index (χ2n) is 9.42. The third-order valence-electron chi connectivity index (χ3n) is 6.22. The third-order valence-corrected chi connectivity index (χ3v) is 8.29. The van der Waals surface area contributed by atoms with E-state index in [9.17, 15) is 22.4 Å². The molecule has 0 spiro atoms. The van der Waals surface area contributed by atoms with Crippen molar-refractivity contribution in [2.75, 3.05) is 31.5 Å². The van der Waals surface area contributed by atoms with Gasteiger partial charge in [-0.05, 0) is 53.9 Å². The summed E-state index contributed by atoms with van der Waals surface area (Å²) in [5.74, 6) is -1.49. The summed E-state index contributed by atoms with van der Waals surface area (Å²) in [6.07, 6.45) is 0.918. The number of benzene rings is 3. The average molecular weight is 589 g/mol. The molecule has 1 N–H and O–H groups in total. The van der Waals surface area contributed by atoms with E-state index in [-0.39, 0.29) is 24.6 Å². The maximum absolute atomic E-state index is 14.1. The van der Waals surface area contributed by atoms with Crippen LogP contribution in [-0.2, 0) is 32.8 Å². The minimum absolute atomic E-state index is 0.0340. The lowest BCUT2D eigenvalue weighted by molar-refractivity contribution is -0.140. The molecule has 8 nitrogen and oxygen atoms in total. The van der Waals surface area contributed by atoms with Crippen molar-refractivity contribution in [2.45, 2.75) is 32.4 Å². The van der Waals surface area contributed by atoms with Crippen molar-refractivity contribution >= 4 is 39.3 Å². The molecule has 0 saturated heterocycles. The Morgan fingerprint density at radius 3 is 2.12 bits per heavy atom. The highest BCUT2D eigenvalue weighted by molar-refractivity contribution is 7.90. The molecule has 1 unspecified atom stereocenters. The topological polar surface area (TPSA) is 90.0 Å². The molecule has 11 heteroatoms. The zero-order valence-corrected chi connectivity index (χ0v) is 24.3. The van der Waals surface area contributed by atoms with E-state index in [1.54, 1.807) is 24.3 Å². The van der Waals surface area contributed by atoms with E-state index in [1.807, 2.05) is 37.3 Å². The maximum Gasteiger partial charge on any atom is 0.304 e. The van der Waals surface area contributed by atoms with Crippen LogP contribution in [0.1, 0.15) is 24.5 Å². The summed E-state index contributed by atoms with van der Waals surface area (Å²) in [6.45, 7) is 1.78. The van der Waals surface area contributed by atoms with E-state index in [1.165, 1.54) is 31.1 Å². The zero-order chi connectivity index (χ0) is 29.3. The van der Waals surface area contributed by atoms with Crippen LogP contribution in [0.2, 0.25) is 5.02 Å². The van der Waals surface area contributed by atoms with E-state index in [4.69, 9.17) is 11.6 Å². The molecule has 0 aromatic heterocycles.